The van der Waals surface area contributed by atoms with Crippen LogP contribution >= 0.6 is 0 Å². The van der Waals surface area contributed by atoms with E-state index in [4.69, 9.17) is 0 Å². The zero-order valence-electron chi connectivity index (χ0n) is 12.3. The second-order valence-electron chi connectivity index (χ2n) is 5.70. The van der Waals surface area contributed by atoms with Gasteiger partial charge in [-0.25, -0.2) is 4.98 Å². The first kappa shape index (κ1) is 13.9. The maximum absolute atomic E-state index is 11.3. The second-order valence-corrected chi connectivity index (χ2v) is 5.70. The molecule has 1 fully saturated rings. The van der Waals surface area contributed by atoms with Crippen molar-refractivity contribution in [3.05, 3.63) is 41.7 Å². The van der Waals surface area contributed by atoms with Gasteiger partial charge in [-0.2, -0.15) is 0 Å². The number of nitrogens with one attached hydrogen (secondary N) is 1. The monoisotopic (exact) mass is 283 g/mol. The van der Waals surface area contributed by atoms with E-state index in [0.29, 0.717) is 12.2 Å². The summed E-state index contributed by atoms with van der Waals surface area (Å²) in [4.78, 5) is 18.0. The van der Waals surface area contributed by atoms with E-state index in [0.717, 1.165) is 36.3 Å². The Hall–Kier alpha value is -2.10. The number of carbonyl (C=O) groups is 1. The van der Waals surface area contributed by atoms with Crippen molar-refractivity contribution in [2.75, 3.05) is 18.4 Å². The number of piperidine rings is 1. The number of amides is 1. The molecule has 0 spiro atoms. The molecule has 0 aliphatic carbocycles. The maximum atomic E-state index is 11.3. The zero-order valence-corrected chi connectivity index (χ0v) is 12.3. The summed E-state index contributed by atoms with van der Waals surface area (Å²) in [5.74, 6) is 0.759. The average Bonchev–Trinajstić information content (AvgIpc) is 2.53. The van der Waals surface area contributed by atoms with Crippen molar-refractivity contribution in [2.24, 2.45) is 0 Å². The third-order valence-electron chi connectivity index (χ3n) is 4.10. The van der Waals surface area contributed by atoms with Crippen molar-refractivity contribution < 1.29 is 4.79 Å². The molecule has 1 N–H and O–H groups in total. The summed E-state index contributed by atoms with van der Waals surface area (Å²) in [6.07, 6.45) is 11.1. The van der Waals surface area contributed by atoms with Gasteiger partial charge in [0.15, 0.2) is 0 Å². The third kappa shape index (κ3) is 3.32. The normalized spacial score (nSPS) is 18.5. The number of carbonyl (C=O) groups excluding carboxylic acids is 1. The molecule has 4 nitrogen and oxygen atoms in total. The number of fused-ring (bicyclic) bond motifs is 1. The lowest BCUT2D eigenvalue weighted by Crippen LogP contribution is -2.27. The van der Waals surface area contributed by atoms with Crippen molar-refractivity contribution >= 4 is 17.8 Å². The molecule has 0 saturated carbocycles. The predicted molar refractivity (Wildman–Crippen MR) is 84.8 cm³/mol. The van der Waals surface area contributed by atoms with Gasteiger partial charge in [-0.3, -0.25) is 4.79 Å². The number of pyridine rings is 1. The number of anilines is 1. The lowest BCUT2D eigenvalue weighted by atomic mass is 10.0. The first-order chi connectivity index (χ1) is 10.2. The Morgan fingerprint density at radius 3 is 2.90 bits per heavy atom. The number of hydrogen-bond acceptors (Lipinski definition) is 3. The van der Waals surface area contributed by atoms with E-state index in [9.17, 15) is 4.79 Å². The minimum atomic E-state index is 0.0526. The molecule has 2 aliphatic heterocycles. The summed E-state index contributed by atoms with van der Waals surface area (Å²) >= 11 is 0. The second kappa shape index (κ2) is 6.12. The van der Waals surface area contributed by atoms with Gasteiger partial charge in [0.25, 0.3) is 0 Å². The highest BCUT2D eigenvalue weighted by molar-refractivity contribution is 5.92. The molecule has 0 atom stereocenters. The Bertz CT molecular complexity index is 586. The van der Waals surface area contributed by atoms with E-state index in [2.05, 4.69) is 40.0 Å². The van der Waals surface area contributed by atoms with Gasteiger partial charge in [-0.05, 0) is 49.0 Å². The molecule has 0 unspecified atom stereocenters. The van der Waals surface area contributed by atoms with Crippen LogP contribution in [0.2, 0.25) is 0 Å². The van der Waals surface area contributed by atoms with Gasteiger partial charge in [0.1, 0.15) is 5.82 Å². The van der Waals surface area contributed by atoms with E-state index in [1.54, 1.807) is 6.20 Å². The topological polar surface area (TPSA) is 45.2 Å². The average molecular weight is 283 g/mol. The Balaban J connectivity index is 1.68. The third-order valence-corrected chi connectivity index (χ3v) is 4.10. The molecule has 21 heavy (non-hydrogen) atoms. The van der Waals surface area contributed by atoms with E-state index in [-0.39, 0.29) is 5.91 Å². The van der Waals surface area contributed by atoms with Crippen molar-refractivity contribution in [1.29, 1.82) is 0 Å². The van der Waals surface area contributed by atoms with Crippen LogP contribution in [0.15, 0.2) is 30.6 Å². The van der Waals surface area contributed by atoms with Crippen LogP contribution in [-0.2, 0) is 11.2 Å². The van der Waals surface area contributed by atoms with Crippen LogP contribution in [0, 0.1) is 0 Å². The largest absolute Gasteiger partial charge is 0.372 e. The summed E-state index contributed by atoms with van der Waals surface area (Å²) in [6.45, 7) is 6.37. The molecule has 3 rings (SSSR count). The van der Waals surface area contributed by atoms with Crippen LogP contribution < -0.4 is 5.32 Å². The molecule has 0 radical (unpaired) electrons. The lowest BCUT2D eigenvalue weighted by Gasteiger charge is -2.28. The van der Waals surface area contributed by atoms with Gasteiger partial charge in [0, 0.05) is 31.4 Å². The van der Waals surface area contributed by atoms with Crippen molar-refractivity contribution in [2.45, 2.75) is 32.1 Å². The highest BCUT2D eigenvalue weighted by atomic mass is 16.1. The van der Waals surface area contributed by atoms with E-state index < -0.39 is 0 Å². The highest BCUT2D eigenvalue weighted by Gasteiger charge is 2.15. The molecular weight excluding hydrogens is 262 g/mol. The Labute approximate surface area is 125 Å². The standard InChI is InChI=1S/C17H21N3O/c1-13(20-9-3-2-4-10-20)5-6-14-11-15-7-8-16(21)19-17(15)18-12-14/h5-6,11-12H,1-4,7-10H2,(H,18,19,21)/b6-5+. The summed E-state index contributed by atoms with van der Waals surface area (Å²) in [5.41, 5.74) is 3.24. The summed E-state index contributed by atoms with van der Waals surface area (Å²) in [7, 11) is 0. The zero-order chi connectivity index (χ0) is 14.7. The number of hydrogen-bond donors (Lipinski definition) is 1. The fraction of sp³-hybridized carbons (Fsp3) is 0.412. The van der Waals surface area contributed by atoms with Crippen molar-refractivity contribution in [3.8, 4) is 0 Å². The van der Waals surface area contributed by atoms with Crippen molar-refractivity contribution in [3.63, 3.8) is 0 Å². The molecule has 4 heteroatoms. The molecule has 3 heterocycles. The Kier molecular flexibility index (Phi) is 4.04. The predicted octanol–water partition coefficient (Wildman–Crippen LogP) is 2.98. The minimum absolute atomic E-state index is 0.0526. The molecule has 1 aromatic heterocycles. The maximum Gasteiger partial charge on any atom is 0.225 e. The SMILES string of the molecule is C=C(/C=C/c1cnc2c(c1)CCC(=O)N2)N1CCCCC1. The molecule has 0 aromatic carbocycles. The number of likely N-dealkylation sites (tertiary alicyclic amines) is 1. The minimum Gasteiger partial charge on any atom is -0.372 e. The van der Waals surface area contributed by atoms with E-state index in [1.807, 2.05) is 0 Å². The summed E-state index contributed by atoms with van der Waals surface area (Å²) in [5, 5.41) is 2.80. The molecule has 2 aliphatic rings. The smallest absolute Gasteiger partial charge is 0.225 e. The molecule has 1 saturated heterocycles. The first-order valence-electron chi connectivity index (χ1n) is 7.63. The molecule has 110 valence electrons. The Morgan fingerprint density at radius 2 is 2.10 bits per heavy atom. The number of aryl methyl sites for hydroxylation is 1. The van der Waals surface area contributed by atoms with Gasteiger partial charge in [0.2, 0.25) is 5.91 Å². The number of nitrogens with zero attached hydrogens (tertiary/aromatic N) is 2. The van der Waals surface area contributed by atoms with Gasteiger partial charge >= 0.3 is 0 Å². The number of allylic oxidation sites excluding steroid dienone is 1. The van der Waals surface area contributed by atoms with E-state index >= 15 is 0 Å². The van der Waals surface area contributed by atoms with Crippen LogP contribution in [0.4, 0.5) is 5.82 Å². The quantitative estimate of drug-likeness (QED) is 0.867. The Morgan fingerprint density at radius 1 is 1.29 bits per heavy atom. The van der Waals surface area contributed by atoms with Crippen LogP contribution in [0.25, 0.3) is 6.08 Å². The van der Waals surface area contributed by atoms with Crippen molar-refractivity contribution in [1.82, 2.24) is 9.88 Å². The van der Waals surface area contributed by atoms with E-state index in [1.165, 1.54) is 19.3 Å². The van der Waals surface area contributed by atoms with Crippen LogP contribution in [0.3, 0.4) is 0 Å². The van der Waals surface area contributed by atoms with Crippen LogP contribution in [0.5, 0.6) is 0 Å². The fourth-order valence-electron chi connectivity index (χ4n) is 2.84. The molecule has 1 aromatic rings. The molecular formula is C17H21N3O. The number of aromatic nitrogens is 1. The molecule has 0 bridgehead atoms. The number of rotatable bonds is 3. The first-order valence-corrected chi connectivity index (χ1v) is 7.63. The van der Waals surface area contributed by atoms with Gasteiger partial charge in [0.05, 0.1) is 0 Å². The van der Waals surface area contributed by atoms with Gasteiger partial charge < -0.3 is 10.2 Å². The highest BCUT2D eigenvalue weighted by Crippen LogP contribution is 2.22. The summed E-state index contributed by atoms with van der Waals surface area (Å²) < 4.78 is 0. The van der Waals surface area contributed by atoms with Gasteiger partial charge in [-0.1, -0.05) is 12.7 Å². The summed E-state index contributed by atoms with van der Waals surface area (Å²) in [6, 6.07) is 2.10. The van der Waals surface area contributed by atoms with Crippen LogP contribution in [0.1, 0.15) is 36.8 Å². The van der Waals surface area contributed by atoms with Gasteiger partial charge in [-0.15, -0.1) is 0 Å². The fourth-order valence-corrected chi connectivity index (χ4v) is 2.84. The lowest BCUT2D eigenvalue weighted by molar-refractivity contribution is -0.116. The molecule has 1 amide bonds. The van der Waals surface area contributed by atoms with Crippen LogP contribution in [-0.4, -0.2) is 28.9 Å².